The molecular weight excluding hydrogens is 564 g/mol. The Morgan fingerprint density at radius 3 is 2.33 bits per heavy atom. The maximum Gasteiger partial charge on any atom is 0.251 e. The Balaban J connectivity index is 1.35. The molecule has 0 bridgehead atoms. The van der Waals surface area contributed by atoms with Gasteiger partial charge in [0, 0.05) is 23.8 Å². The molecule has 4 rings (SSSR count). The van der Waals surface area contributed by atoms with E-state index in [4.69, 9.17) is 0 Å². The number of hydrogen-bond acceptors (Lipinski definition) is 5. The van der Waals surface area contributed by atoms with Crippen molar-refractivity contribution in [3.05, 3.63) is 59.9 Å². The minimum absolute atomic E-state index is 0.0120. The van der Waals surface area contributed by atoms with E-state index in [2.05, 4.69) is 15.6 Å². The molecule has 1 fully saturated rings. The van der Waals surface area contributed by atoms with Crippen LogP contribution in [-0.4, -0.2) is 43.6 Å². The van der Waals surface area contributed by atoms with Crippen LogP contribution in [0.15, 0.2) is 53.6 Å². The molecule has 174 valence electrons. The third kappa shape index (κ3) is 5.65. The normalized spacial score (nSPS) is 19.4. The van der Waals surface area contributed by atoms with Crippen molar-refractivity contribution in [2.75, 3.05) is 5.32 Å². The van der Waals surface area contributed by atoms with Crippen LogP contribution in [0.2, 0.25) is 0 Å². The van der Waals surface area contributed by atoms with E-state index < -0.39 is 12.8 Å². The van der Waals surface area contributed by atoms with Crippen LogP contribution in [0.1, 0.15) is 41.7 Å². The molecule has 1 aliphatic rings. The van der Waals surface area contributed by atoms with E-state index in [1.807, 2.05) is 6.07 Å². The minimum Gasteiger partial charge on any atom is -0.368 e. The fraction of sp³-hybridized carbons (Fsp3) is 0.333. The summed E-state index contributed by atoms with van der Waals surface area (Å²) in [4.78, 5) is 16.7. The molecule has 7 nitrogen and oxygen atoms in total. The Hall–Kier alpha value is -2.22. The molecule has 3 aromatic rings. The number of amides is 1. The number of pyridine rings is 1. The Kier molecular flexibility index (Phi) is 6.67. The molecule has 2 heterocycles. The summed E-state index contributed by atoms with van der Waals surface area (Å²) < 4.78 is 52.1. The van der Waals surface area contributed by atoms with Gasteiger partial charge in [0.25, 0.3) is 5.91 Å². The molecule has 0 radical (unpaired) electrons. The van der Waals surface area contributed by atoms with E-state index in [-0.39, 0.29) is 28.6 Å². The van der Waals surface area contributed by atoms with Crippen LogP contribution in [0.25, 0.3) is 5.65 Å². The number of benzene rings is 1. The Labute approximate surface area is 203 Å². The standard InChI is InChI=1S/C21H22BF2IN4O3S/c22-21(23,24)17-12-29-18(2-1-3-19(29)28-17)26-14-6-8-15(9-7-14)27-20(30)13-4-10-16(11-5-13)33(25,31)32/h1-5,10-12,14-15,26H,6-9,22H2,(H,27,30). The van der Waals surface area contributed by atoms with Gasteiger partial charge in [-0.25, -0.2) is 22.2 Å². The number of carbonyl (C=O) groups excluding carboxylic acids is 1. The lowest BCUT2D eigenvalue weighted by molar-refractivity contribution is 0.0895. The van der Waals surface area contributed by atoms with Crippen LogP contribution in [0, 0.1) is 0 Å². The predicted octanol–water partition coefficient (Wildman–Crippen LogP) is 3.29. The number of halogens is 3. The smallest absolute Gasteiger partial charge is 0.251 e. The second kappa shape index (κ2) is 9.20. The zero-order valence-electron chi connectivity index (χ0n) is 17.8. The van der Waals surface area contributed by atoms with E-state index in [1.165, 1.54) is 51.7 Å². The lowest BCUT2D eigenvalue weighted by Gasteiger charge is -2.30. The van der Waals surface area contributed by atoms with Gasteiger partial charge in [-0.2, -0.15) is 0 Å². The summed E-state index contributed by atoms with van der Waals surface area (Å²) >= 11 is 1.36. The number of imidazole rings is 1. The van der Waals surface area contributed by atoms with Gasteiger partial charge in [0.15, 0.2) is 0 Å². The quantitative estimate of drug-likeness (QED) is 0.263. The lowest BCUT2D eigenvalue weighted by Crippen LogP contribution is -2.40. The van der Waals surface area contributed by atoms with Crippen molar-refractivity contribution < 1.29 is 22.0 Å². The van der Waals surface area contributed by atoms with Gasteiger partial charge in [0.1, 0.15) is 17.2 Å². The zero-order chi connectivity index (χ0) is 23.8. The van der Waals surface area contributed by atoms with Crippen LogP contribution in [0.3, 0.4) is 0 Å². The molecule has 0 unspecified atom stereocenters. The lowest BCUT2D eigenvalue weighted by atomic mass is 9.91. The summed E-state index contributed by atoms with van der Waals surface area (Å²) in [5.41, 5.74) is 0.598. The highest BCUT2D eigenvalue weighted by Gasteiger charge is 2.28. The van der Waals surface area contributed by atoms with Gasteiger partial charge >= 0.3 is 0 Å². The SMILES string of the molecule is BC(F)(F)c1cn2c(NC3CCC(NC(=O)c4ccc(S(=O)(=O)I)cc4)CC3)cccc2n1. The Bertz CT molecular complexity index is 1270. The zero-order valence-corrected chi connectivity index (χ0v) is 20.7. The van der Waals surface area contributed by atoms with Crippen molar-refractivity contribution in [1.82, 2.24) is 14.7 Å². The van der Waals surface area contributed by atoms with Crippen molar-refractivity contribution in [1.29, 1.82) is 0 Å². The van der Waals surface area contributed by atoms with Crippen LogP contribution >= 0.6 is 21.2 Å². The summed E-state index contributed by atoms with van der Waals surface area (Å²) in [5.74, 6) is -2.54. The summed E-state index contributed by atoms with van der Waals surface area (Å²) in [6.45, 7) is 0. The first-order valence-electron chi connectivity index (χ1n) is 10.5. The van der Waals surface area contributed by atoms with Gasteiger partial charge in [-0.15, -0.1) is 0 Å². The number of fused-ring (bicyclic) bond motifs is 1. The molecule has 2 N–H and O–H groups in total. The Morgan fingerprint density at radius 1 is 1.09 bits per heavy atom. The molecule has 0 saturated heterocycles. The van der Waals surface area contributed by atoms with Crippen LogP contribution < -0.4 is 10.6 Å². The fourth-order valence-electron chi connectivity index (χ4n) is 3.97. The second-order valence-electron chi connectivity index (χ2n) is 8.28. The van der Waals surface area contributed by atoms with Gasteiger partial charge in [0.2, 0.25) is 20.7 Å². The number of hydrogen-bond donors (Lipinski definition) is 2. The third-order valence-corrected chi connectivity index (χ3v) is 8.12. The molecule has 12 heteroatoms. The van der Waals surface area contributed by atoms with E-state index in [0.29, 0.717) is 17.0 Å². The molecule has 2 aromatic heterocycles. The van der Waals surface area contributed by atoms with E-state index in [0.717, 1.165) is 33.5 Å². The van der Waals surface area contributed by atoms with Crippen LogP contribution in [-0.2, 0) is 12.8 Å². The van der Waals surface area contributed by atoms with Gasteiger partial charge < -0.3 is 10.6 Å². The van der Waals surface area contributed by atoms with Crippen LogP contribution in [0.5, 0.6) is 0 Å². The molecule has 33 heavy (non-hydrogen) atoms. The van der Waals surface area contributed by atoms with Crippen molar-refractivity contribution in [2.24, 2.45) is 0 Å². The highest BCUT2D eigenvalue weighted by atomic mass is 127. The van der Waals surface area contributed by atoms with Crippen molar-refractivity contribution >= 4 is 53.4 Å². The molecular formula is C21H22BF2IN4O3S. The Morgan fingerprint density at radius 2 is 1.73 bits per heavy atom. The first kappa shape index (κ1) is 23.9. The van der Waals surface area contributed by atoms with E-state index in [9.17, 15) is 22.0 Å². The van der Waals surface area contributed by atoms with E-state index >= 15 is 0 Å². The van der Waals surface area contributed by atoms with Gasteiger partial charge in [-0.05, 0) is 62.1 Å². The fourth-order valence-corrected chi connectivity index (χ4v) is 5.31. The third-order valence-electron chi connectivity index (χ3n) is 5.75. The van der Waals surface area contributed by atoms with Gasteiger partial charge in [-0.1, -0.05) is 6.07 Å². The summed E-state index contributed by atoms with van der Waals surface area (Å²) in [5, 5.41) is 6.43. The molecule has 1 aromatic carbocycles. The minimum atomic E-state index is -3.34. The van der Waals surface area contributed by atoms with Crippen molar-refractivity contribution in [3.8, 4) is 0 Å². The first-order chi connectivity index (χ1) is 15.5. The highest BCUT2D eigenvalue weighted by Crippen LogP contribution is 2.27. The molecule has 1 aliphatic carbocycles. The number of nitrogens with zero attached hydrogens (tertiary/aromatic N) is 2. The number of carbonyl (C=O) groups is 1. The summed E-state index contributed by atoms with van der Waals surface area (Å²) in [6, 6.07) is 11.3. The summed E-state index contributed by atoms with van der Waals surface area (Å²) in [7, 11) is -2.51. The first-order valence-corrected chi connectivity index (χ1v) is 14.5. The second-order valence-corrected chi connectivity index (χ2v) is 13.1. The van der Waals surface area contributed by atoms with Crippen molar-refractivity contribution in [3.63, 3.8) is 0 Å². The van der Waals surface area contributed by atoms with Crippen LogP contribution in [0.4, 0.5) is 14.6 Å². The van der Waals surface area contributed by atoms with E-state index in [1.54, 1.807) is 16.5 Å². The number of alkyl halides is 2. The highest BCUT2D eigenvalue weighted by molar-refractivity contribution is 14.2. The summed E-state index contributed by atoms with van der Waals surface area (Å²) in [6.07, 6.45) is 4.50. The molecule has 0 spiro atoms. The molecule has 0 aliphatic heterocycles. The number of rotatable bonds is 6. The number of aromatic nitrogens is 2. The average molecular weight is 586 g/mol. The van der Waals surface area contributed by atoms with Gasteiger partial charge in [0.05, 0.1) is 26.1 Å². The maximum atomic E-state index is 13.7. The molecule has 0 atom stereocenters. The molecule has 1 saturated carbocycles. The predicted molar refractivity (Wildman–Crippen MR) is 132 cm³/mol. The number of anilines is 1. The molecule has 1 amide bonds. The largest absolute Gasteiger partial charge is 0.368 e. The topological polar surface area (TPSA) is 92.6 Å². The number of nitrogens with one attached hydrogen (secondary N) is 2. The maximum absolute atomic E-state index is 13.7. The average Bonchev–Trinajstić information content (AvgIpc) is 3.21. The van der Waals surface area contributed by atoms with Gasteiger partial charge in [-0.3, -0.25) is 9.20 Å². The monoisotopic (exact) mass is 586 g/mol. The van der Waals surface area contributed by atoms with Crippen molar-refractivity contribution in [2.45, 2.75) is 48.5 Å².